The Morgan fingerprint density at radius 3 is 2.84 bits per heavy atom. The van der Waals surface area contributed by atoms with E-state index in [1.54, 1.807) is 0 Å². The van der Waals surface area contributed by atoms with Crippen LogP contribution in [-0.2, 0) is 13.5 Å². The third kappa shape index (κ3) is 3.58. The minimum atomic E-state index is 0.318. The molecule has 0 aliphatic rings. The first-order chi connectivity index (χ1) is 9.10. The van der Waals surface area contributed by atoms with Crippen molar-refractivity contribution in [3.05, 3.63) is 52.3 Å². The molecule has 1 aromatic carbocycles. The second kappa shape index (κ2) is 6.22. The summed E-state index contributed by atoms with van der Waals surface area (Å²) in [6.45, 7) is 2.13. The van der Waals surface area contributed by atoms with Gasteiger partial charge in [0.15, 0.2) is 0 Å². The lowest BCUT2D eigenvalue weighted by atomic mass is 9.96. The molecule has 0 aliphatic carbocycles. The molecule has 1 atom stereocenters. The molecule has 0 spiro atoms. The van der Waals surface area contributed by atoms with Crippen LogP contribution < -0.4 is 5.32 Å². The number of hydrogen-bond donors (Lipinski definition) is 1. The van der Waals surface area contributed by atoms with Crippen LogP contribution in [-0.4, -0.2) is 16.8 Å². The molecule has 0 saturated carbocycles. The molecule has 0 fully saturated rings. The second-order valence-electron chi connectivity index (χ2n) is 4.90. The topological polar surface area (TPSA) is 29.9 Å². The molecule has 0 bridgehead atoms. The lowest BCUT2D eigenvalue weighted by Gasteiger charge is -2.19. The monoisotopic (exact) mass is 277 g/mol. The van der Waals surface area contributed by atoms with Crippen LogP contribution in [0.4, 0.5) is 0 Å². The van der Waals surface area contributed by atoms with Crippen molar-refractivity contribution >= 4 is 11.6 Å². The number of aromatic nitrogens is 2. The number of hydrogen-bond acceptors (Lipinski definition) is 2. The molecule has 1 N–H and O–H groups in total. The van der Waals surface area contributed by atoms with Gasteiger partial charge >= 0.3 is 0 Å². The van der Waals surface area contributed by atoms with Gasteiger partial charge in [-0.05, 0) is 55.6 Å². The molecule has 0 amide bonds. The lowest BCUT2D eigenvalue weighted by Crippen LogP contribution is -2.18. The molecule has 2 aromatic rings. The summed E-state index contributed by atoms with van der Waals surface area (Å²) >= 11 is 6.10. The van der Waals surface area contributed by atoms with Crippen LogP contribution >= 0.6 is 11.6 Å². The Kier molecular flexibility index (Phi) is 4.61. The highest BCUT2D eigenvalue weighted by Gasteiger charge is 2.12. The number of halogens is 1. The number of rotatable bonds is 5. The summed E-state index contributed by atoms with van der Waals surface area (Å²) in [6, 6.07) is 6.39. The summed E-state index contributed by atoms with van der Waals surface area (Å²) in [7, 11) is 3.94. The van der Waals surface area contributed by atoms with Gasteiger partial charge in [0, 0.05) is 24.3 Å². The molecule has 0 aliphatic heterocycles. The molecule has 0 radical (unpaired) electrons. The molecule has 19 heavy (non-hydrogen) atoms. The summed E-state index contributed by atoms with van der Waals surface area (Å²) < 4.78 is 1.84. The Hall–Kier alpha value is -1.32. The molecule has 2 rings (SSSR count). The van der Waals surface area contributed by atoms with Crippen molar-refractivity contribution in [2.75, 3.05) is 7.05 Å². The molecule has 3 nitrogen and oxygen atoms in total. The van der Waals surface area contributed by atoms with E-state index in [1.165, 1.54) is 16.7 Å². The molecular formula is C15H20ClN3. The van der Waals surface area contributed by atoms with E-state index >= 15 is 0 Å². The smallest absolute Gasteiger partial charge is 0.0521 e. The van der Waals surface area contributed by atoms with E-state index in [9.17, 15) is 0 Å². The second-order valence-corrected chi connectivity index (χ2v) is 5.34. The van der Waals surface area contributed by atoms with Gasteiger partial charge in [-0.3, -0.25) is 4.68 Å². The van der Waals surface area contributed by atoms with Crippen molar-refractivity contribution in [1.29, 1.82) is 0 Å². The van der Waals surface area contributed by atoms with Crippen LogP contribution in [0.15, 0.2) is 30.6 Å². The number of aryl methyl sites for hydroxylation is 3. The van der Waals surface area contributed by atoms with Gasteiger partial charge in [-0.15, -0.1) is 0 Å². The zero-order valence-corrected chi connectivity index (χ0v) is 12.4. The first-order valence-electron chi connectivity index (χ1n) is 6.51. The van der Waals surface area contributed by atoms with Crippen LogP contribution in [0, 0.1) is 6.92 Å². The standard InChI is InChI=1S/C15H20ClN3/c1-11-4-6-13(16)8-14(11)15(17-2)7-5-12-9-18-19(3)10-12/h4,6,8-10,15,17H,5,7H2,1-3H3. The van der Waals surface area contributed by atoms with Crippen molar-refractivity contribution in [3.8, 4) is 0 Å². The summed E-state index contributed by atoms with van der Waals surface area (Å²) in [4.78, 5) is 0. The Morgan fingerprint density at radius 1 is 1.42 bits per heavy atom. The highest BCUT2D eigenvalue weighted by molar-refractivity contribution is 6.30. The van der Waals surface area contributed by atoms with Crippen LogP contribution in [0.2, 0.25) is 5.02 Å². The highest BCUT2D eigenvalue weighted by atomic mass is 35.5. The molecular weight excluding hydrogens is 258 g/mol. The summed E-state index contributed by atoms with van der Waals surface area (Å²) in [5.41, 5.74) is 3.82. The lowest BCUT2D eigenvalue weighted by molar-refractivity contribution is 0.546. The zero-order chi connectivity index (χ0) is 13.8. The van der Waals surface area contributed by atoms with E-state index in [0.29, 0.717) is 6.04 Å². The van der Waals surface area contributed by atoms with E-state index in [2.05, 4.69) is 35.7 Å². The maximum absolute atomic E-state index is 6.10. The fraction of sp³-hybridized carbons (Fsp3) is 0.400. The average molecular weight is 278 g/mol. The minimum absolute atomic E-state index is 0.318. The Morgan fingerprint density at radius 2 is 2.21 bits per heavy atom. The first-order valence-corrected chi connectivity index (χ1v) is 6.89. The van der Waals surface area contributed by atoms with Gasteiger partial charge in [0.05, 0.1) is 6.20 Å². The maximum Gasteiger partial charge on any atom is 0.0521 e. The van der Waals surface area contributed by atoms with Crippen molar-refractivity contribution in [2.45, 2.75) is 25.8 Å². The van der Waals surface area contributed by atoms with Crippen molar-refractivity contribution in [3.63, 3.8) is 0 Å². The molecule has 1 unspecified atom stereocenters. The molecule has 1 heterocycles. The Balaban J connectivity index is 2.09. The van der Waals surface area contributed by atoms with Gasteiger partial charge in [-0.1, -0.05) is 17.7 Å². The minimum Gasteiger partial charge on any atom is -0.313 e. The molecule has 0 saturated heterocycles. The molecule has 1 aromatic heterocycles. The van der Waals surface area contributed by atoms with Gasteiger partial charge in [0.1, 0.15) is 0 Å². The summed E-state index contributed by atoms with van der Waals surface area (Å²) in [6.07, 6.45) is 6.03. The SMILES string of the molecule is CNC(CCc1cnn(C)c1)c1cc(Cl)ccc1C. The molecule has 4 heteroatoms. The van der Waals surface area contributed by atoms with Crippen LogP contribution in [0.3, 0.4) is 0 Å². The number of nitrogens with one attached hydrogen (secondary N) is 1. The zero-order valence-electron chi connectivity index (χ0n) is 11.7. The van der Waals surface area contributed by atoms with Crippen LogP contribution in [0.1, 0.15) is 29.2 Å². The van der Waals surface area contributed by atoms with E-state index < -0.39 is 0 Å². The Labute approximate surface area is 119 Å². The third-order valence-corrected chi connectivity index (χ3v) is 3.68. The van der Waals surface area contributed by atoms with E-state index in [0.717, 1.165) is 17.9 Å². The van der Waals surface area contributed by atoms with Gasteiger partial charge < -0.3 is 5.32 Å². The normalized spacial score (nSPS) is 12.6. The fourth-order valence-electron chi connectivity index (χ4n) is 2.35. The summed E-state index contributed by atoms with van der Waals surface area (Å²) in [5, 5.41) is 8.37. The largest absolute Gasteiger partial charge is 0.313 e. The predicted octanol–water partition coefficient (Wildman–Crippen LogP) is 3.28. The van der Waals surface area contributed by atoms with Gasteiger partial charge in [0.25, 0.3) is 0 Å². The highest BCUT2D eigenvalue weighted by Crippen LogP contribution is 2.25. The van der Waals surface area contributed by atoms with Crippen LogP contribution in [0.5, 0.6) is 0 Å². The summed E-state index contributed by atoms with van der Waals surface area (Å²) in [5.74, 6) is 0. The predicted molar refractivity (Wildman–Crippen MR) is 79.5 cm³/mol. The van der Waals surface area contributed by atoms with Crippen molar-refractivity contribution in [2.24, 2.45) is 7.05 Å². The van der Waals surface area contributed by atoms with E-state index in [4.69, 9.17) is 11.6 Å². The number of benzene rings is 1. The van der Waals surface area contributed by atoms with Gasteiger partial charge in [-0.25, -0.2) is 0 Å². The van der Waals surface area contributed by atoms with E-state index in [1.807, 2.05) is 31.0 Å². The van der Waals surface area contributed by atoms with Gasteiger partial charge in [-0.2, -0.15) is 5.10 Å². The first kappa shape index (κ1) is 14.1. The Bertz CT molecular complexity index is 548. The molecule has 102 valence electrons. The van der Waals surface area contributed by atoms with Crippen molar-refractivity contribution < 1.29 is 0 Å². The van der Waals surface area contributed by atoms with Crippen molar-refractivity contribution in [1.82, 2.24) is 15.1 Å². The van der Waals surface area contributed by atoms with Crippen LogP contribution in [0.25, 0.3) is 0 Å². The third-order valence-electron chi connectivity index (χ3n) is 3.45. The fourth-order valence-corrected chi connectivity index (χ4v) is 2.53. The average Bonchev–Trinajstić information content (AvgIpc) is 2.80. The van der Waals surface area contributed by atoms with Gasteiger partial charge in [0.2, 0.25) is 0 Å². The quantitative estimate of drug-likeness (QED) is 0.909. The van der Waals surface area contributed by atoms with E-state index in [-0.39, 0.29) is 0 Å². The maximum atomic E-state index is 6.10. The number of nitrogens with zero attached hydrogens (tertiary/aromatic N) is 2.